The van der Waals surface area contributed by atoms with Gasteiger partial charge in [-0.3, -0.25) is 4.79 Å². The molecule has 4 nitrogen and oxygen atoms in total. The number of nitrogens with zero attached hydrogens (tertiary/aromatic N) is 2. The number of carbonyl (C=O) groups is 1. The van der Waals surface area contributed by atoms with Crippen LogP contribution in [0.25, 0.3) is 5.69 Å². The quantitative estimate of drug-likeness (QED) is 0.752. The molecule has 4 rings (SSSR count). The Labute approximate surface area is 151 Å². The van der Waals surface area contributed by atoms with Gasteiger partial charge < -0.3 is 5.32 Å². The first-order valence-corrected chi connectivity index (χ1v) is 9.32. The molecule has 1 unspecified atom stereocenters. The molecule has 1 aliphatic heterocycles. The summed E-state index contributed by atoms with van der Waals surface area (Å²) in [6.45, 7) is 4.13. The van der Waals surface area contributed by atoms with Crippen LogP contribution in [0.1, 0.15) is 27.6 Å². The molecule has 0 spiro atoms. The van der Waals surface area contributed by atoms with Gasteiger partial charge in [0.2, 0.25) is 5.91 Å². The monoisotopic (exact) mass is 349 g/mol. The summed E-state index contributed by atoms with van der Waals surface area (Å²) < 4.78 is 1.85. The molecule has 0 saturated heterocycles. The highest BCUT2D eigenvalue weighted by molar-refractivity contribution is 8.00. The lowest BCUT2D eigenvalue weighted by atomic mass is 10.00. The molecule has 3 aromatic rings. The van der Waals surface area contributed by atoms with Crippen LogP contribution in [0.3, 0.4) is 0 Å². The van der Waals surface area contributed by atoms with E-state index in [4.69, 9.17) is 5.10 Å². The zero-order valence-electron chi connectivity index (χ0n) is 14.2. The van der Waals surface area contributed by atoms with Crippen molar-refractivity contribution in [3.8, 4) is 5.69 Å². The number of carbonyl (C=O) groups excluding carboxylic acids is 1. The van der Waals surface area contributed by atoms with Crippen LogP contribution in [0, 0.1) is 13.8 Å². The molecule has 25 heavy (non-hydrogen) atoms. The zero-order valence-corrected chi connectivity index (χ0v) is 15.0. The van der Waals surface area contributed by atoms with Gasteiger partial charge >= 0.3 is 0 Å². The Morgan fingerprint density at radius 3 is 2.56 bits per heavy atom. The fraction of sp³-hybridized carbons (Fsp3) is 0.200. The van der Waals surface area contributed by atoms with Crippen molar-refractivity contribution in [2.75, 3.05) is 11.1 Å². The molecular formula is C20H19N3OS. The molecule has 0 saturated carbocycles. The van der Waals surface area contributed by atoms with E-state index in [-0.39, 0.29) is 11.2 Å². The van der Waals surface area contributed by atoms with Gasteiger partial charge in [0.15, 0.2) is 0 Å². The van der Waals surface area contributed by atoms with Crippen molar-refractivity contribution in [2.45, 2.75) is 19.1 Å². The highest BCUT2D eigenvalue weighted by Gasteiger charge is 2.31. The molecule has 126 valence electrons. The summed E-state index contributed by atoms with van der Waals surface area (Å²) >= 11 is 1.66. The molecule has 2 heterocycles. The molecule has 1 N–H and O–H groups in total. The number of anilines is 1. The summed E-state index contributed by atoms with van der Waals surface area (Å²) in [6.07, 6.45) is 0. The fourth-order valence-corrected chi connectivity index (χ4v) is 4.55. The van der Waals surface area contributed by atoms with Crippen LogP contribution in [0.5, 0.6) is 0 Å². The smallest absolute Gasteiger partial charge is 0.235 e. The second kappa shape index (κ2) is 6.41. The Hall–Kier alpha value is -2.53. The number of amides is 1. The van der Waals surface area contributed by atoms with Crippen molar-refractivity contribution in [3.63, 3.8) is 0 Å². The topological polar surface area (TPSA) is 46.9 Å². The minimum Gasteiger partial charge on any atom is -0.310 e. The van der Waals surface area contributed by atoms with Crippen molar-refractivity contribution >= 4 is 23.5 Å². The highest BCUT2D eigenvalue weighted by Crippen LogP contribution is 2.44. The summed E-state index contributed by atoms with van der Waals surface area (Å²) in [5, 5.41) is 7.89. The maximum atomic E-state index is 12.3. The molecule has 1 atom stereocenters. The average Bonchev–Trinajstić information content (AvgIpc) is 2.83. The maximum Gasteiger partial charge on any atom is 0.235 e. The lowest BCUT2D eigenvalue weighted by molar-refractivity contribution is -0.113. The van der Waals surface area contributed by atoms with Crippen LogP contribution >= 0.6 is 11.8 Å². The second-order valence-corrected chi connectivity index (χ2v) is 7.28. The van der Waals surface area contributed by atoms with E-state index in [1.54, 1.807) is 11.8 Å². The molecule has 1 aliphatic rings. The lowest BCUT2D eigenvalue weighted by Crippen LogP contribution is -2.15. The predicted octanol–water partition coefficient (Wildman–Crippen LogP) is 4.26. The molecule has 0 bridgehead atoms. The Morgan fingerprint density at radius 1 is 1.08 bits per heavy atom. The van der Waals surface area contributed by atoms with Crippen LogP contribution < -0.4 is 5.32 Å². The Kier molecular flexibility index (Phi) is 4.09. The zero-order chi connectivity index (χ0) is 17.4. The van der Waals surface area contributed by atoms with E-state index < -0.39 is 0 Å². The Bertz CT molecular complexity index is 933. The van der Waals surface area contributed by atoms with Crippen molar-refractivity contribution in [1.29, 1.82) is 0 Å². The number of aromatic nitrogens is 2. The first-order valence-electron chi connectivity index (χ1n) is 8.27. The first-order chi connectivity index (χ1) is 12.1. The van der Waals surface area contributed by atoms with Gasteiger partial charge in [-0.25, -0.2) is 4.68 Å². The van der Waals surface area contributed by atoms with Gasteiger partial charge in [0.25, 0.3) is 0 Å². The summed E-state index contributed by atoms with van der Waals surface area (Å²) in [4.78, 5) is 12.3. The van der Waals surface area contributed by atoms with E-state index in [9.17, 15) is 4.79 Å². The van der Waals surface area contributed by atoms with Crippen molar-refractivity contribution in [1.82, 2.24) is 9.78 Å². The van der Waals surface area contributed by atoms with E-state index in [0.717, 1.165) is 22.8 Å². The Balaban J connectivity index is 1.92. The number of aryl methyl sites for hydroxylation is 2. The summed E-state index contributed by atoms with van der Waals surface area (Å²) in [5.41, 5.74) is 5.45. The summed E-state index contributed by atoms with van der Waals surface area (Å²) in [7, 11) is 0. The van der Waals surface area contributed by atoms with Gasteiger partial charge in [-0.2, -0.15) is 5.10 Å². The number of fused-ring (bicyclic) bond motifs is 1. The van der Waals surface area contributed by atoms with Gasteiger partial charge in [-0.05, 0) is 37.1 Å². The van der Waals surface area contributed by atoms with E-state index in [2.05, 4.69) is 30.4 Å². The third-order valence-electron chi connectivity index (χ3n) is 4.48. The van der Waals surface area contributed by atoms with Crippen LogP contribution in [0.2, 0.25) is 0 Å². The number of nitrogens with one attached hydrogen (secondary N) is 1. The van der Waals surface area contributed by atoms with E-state index in [0.29, 0.717) is 5.75 Å². The number of para-hydroxylation sites is 1. The van der Waals surface area contributed by atoms with Gasteiger partial charge in [-0.1, -0.05) is 42.5 Å². The van der Waals surface area contributed by atoms with E-state index in [1.807, 2.05) is 48.0 Å². The number of rotatable bonds is 2. The van der Waals surface area contributed by atoms with Crippen LogP contribution in [-0.2, 0) is 4.79 Å². The fourth-order valence-electron chi connectivity index (χ4n) is 3.27. The number of benzene rings is 2. The largest absolute Gasteiger partial charge is 0.310 e. The molecule has 5 heteroatoms. The van der Waals surface area contributed by atoms with Crippen LogP contribution in [0.4, 0.5) is 5.82 Å². The SMILES string of the molecule is Cc1ccccc1C1SCC(=O)Nc2c1c(C)nn2-c1ccccc1. The average molecular weight is 349 g/mol. The lowest BCUT2D eigenvalue weighted by Gasteiger charge is -2.17. The maximum absolute atomic E-state index is 12.3. The molecular weight excluding hydrogens is 330 g/mol. The second-order valence-electron chi connectivity index (χ2n) is 6.19. The molecule has 0 radical (unpaired) electrons. The first kappa shape index (κ1) is 16.0. The minimum absolute atomic E-state index is 0.0133. The molecule has 2 aromatic carbocycles. The van der Waals surface area contributed by atoms with Crippen LogP contribution in [-0.4, -0.2) is 21.4 Å². The third-order valence-corrected chi connectivity index (χ3v) is 5.73. The number of hydrogen-bond donors (Lipinski definition) is 1. The van der Waals surface area contributed by atoms with Gasteiger partial charge in [0.05, 0.1) is 22.4 Å². The Morgan fingerprint density at radius 2 is 1.80 bits per heavy atom. The highest BCUT2D eigenvalue weighted by atomic mass is 32.2. The van der Waals surface area contributed by atoms with Crippen molar-refractivity contribution < 1.29 is 4.79 Å². The van der Waals surface area contributed by atoms with E-state index in [1.165, 1.54) is 11.1 Å². The van der Waals surface area contributed by atoms with Crippen LogP contribution in [0.15, 0.2) is 54.6 Å². The van der Waals surface area contributed by atoms with Crippen molar-refractivity contribution in [2.24, 2.45) is 0 Å². The van der Waals surface area contributed by atoms with Gasteiger partial charge in [-0.15, -0.1) is 11.8 Å². The summed E-state index contributed by atoms with van der Waals surface area (Å²) in [6, 6.07) is 18.3. The van der Waals surface area contributed by atoms with Crippen molar-refractivity contribution in [3.05, 3.63) is 77.0 Å². The molecule has 1 aromatic heterocycles. The normalized spacial score (nSPS) is 16.9. The third kappa shape index (κ3) is 2.85. The van der Waals surface area contributed by atoms with Gasteiger partial charge in [0.1, 0.15) is 5.82 Å². The number of hydrogen-bond acceptors (Lipinski definition) is 3. The molecule has 0 aliphatic carbocycles. The number of thioether (sulfide) groups is 1. The van der Waals surface area contributed by atoms with E-state index >= 15 is 0 Å². The molecule has 0 fully saturated rings. The molecule has 1 amide bonds. The summed E-state index contributed by atoms with van der Waals surface area (Å²) in [5.74, 6) is 1.23. The predicted molar refractivity (Wildman–Crippen MR) is 102 cm³/mol. The van der Waals surface area contributed by atoms with Gasteiger partial charge in [0, 0.05) is 5.56 Å². The standard InChI is InChI=1S/C20H19N3OS/c1-13-8-6-7-11-16(13)19-18-14(2)22-23(15-9-4-3-5-10-15)20(18)21-17(24)12-25-19/h3-11,19H,12H2,1-2H3,(H,21,24). The minimum atomic E-state index is 0.0133.